The van der Waals surface area contributed by atoms with Gasteiger partial charge in [0.1, 0.15) is 0 Å². The number of benzene rings is 3. The minimum absolute atomic E-state index is 0.0895. The van der Waals surface area contributed by atoms with Crippen LogP contribution >= 0.6 is 11.8 Å². The second-order valence-electron chi connectivity index (χ2n) is 10.3. The van der Waals surface area contributed by atoms with Crippen molar-refractivity contribution in [1.82, 2.24) is 0 Å². The Bertz CT molecular complexity index is 1400. The molecule has 0 radical (unpaired) electrons. The van der Waals surface area contributed by atoms with Crippen LogP contribution in [0, 0.1) is 11.8 Å². The predicted octanol–water partition coefficient (Wildman–Crippen LogP) is 8.31. The Hall–Kier alpha value is -4.17. The molecule has 0 atom stereocenters. The van der Waals surface area contributed by atoms with Gasteiger partial charge >= 0.3 is 0 Å². The number of thioether (sulfide) groups is 1. The lowest BCUT2D eigenvalue weighted by Crippen LogP contribution is -2.24. The number of ketones is 1. The maximum absolute atomic E-state index is 13.3. The normalized spacial score (nSPS) is 11.1. The van der Waals surface area contributed by atoms with E-state index in [2.05, 4.69) is 16.0 Å². The fraction of sp³-hybridized carbons (Fsp3) is 0.314. The zero-order valence-electron chi connectivity index (χ0n) is 25.5. The Morgan fingerprint density at radius 2 is 1.16 bits per heavy atom. The molecule has 0 bridgehead atoms. The van der Waals surface area contributed by atoms with E-state index in [4.69, 9.17) is 0 Å². The first-order chi connectivity index (χ1) is 20.7. The summed E-state index contributed by atoms with van der Waals surface area (Å²) in [5.74, 6) is -1.03. The van der Waals surface area contributed by atoms with Gasteiger partial charge in [-0.1, -0.05) is 45.9 Å². The number of amides is 3. The van der Waals surface area contributed by atoms with Crippen molar-refractivity contribution in [2.24, 2.45) is 11.8 Å². The lowest BCUT2D eigenvalue weighted by atomic mass is 10.0. The third kappa shape index (κ3) is 9.68. The van der Waals surface area contributed by atoms with Crippen LogP contribution in [-0.2, 0) is 9.59 Å². The van der Waals surface area contributed by atoms with Gasteiger partial charge < -0.3 is 16.0 Å². The SMILES string of the molecule is CCC(CC)C(=O)Nc1cc(NC(=O)C(CC)CC)cc(C(=O)Nc2ccc(/C=C/C(=O)c3ccc(SC)cc3)cc2)c1. The van der Waals surface area contributed by atoms with E-state index in [1.165, 1.54) is 6.08 Å². The molecule has 8 heteroatoms. The van der Waals surface area contributed by atoms with E-state index in [9.17, 15) is 19.2 Å². The topological polar surface area (TPSA) is 104 Å². The lowest BCUT2D eigenvalue weighted by molar-refractivity contribution is -0.120. The van der Waals surface area contributed by atoms with Crippen molar-refractivity contribution in [1.29, 1.82) is 0 Å². The predicted molar refractivity (Wildman–Crippen MR) is 178 cm³/mol. The number of hydrogen-bond donors (Lipinski definition) is 3. The van der Waals surface area contributed by atoms with E-state index in [0.29, 0.717) is 53.9 Å². The molecule has 7 nitrogen and oxygen atoms in total. The van der Waals surface area contributed by atoms with Crippen molar-refractivity contribution in [2.45, 2.75) is 58.3 Å². The van der Waals surface area contributed by atoms with Crippen molar-refractivity contribution < 1.29 is 19.2 Å². The van der Waals surface area contributed by atoms with Crippen LogP contribution in [0.1, 0.15) is 79.7 Å². The first kappa shape index (κ1) is 33.3. The molecule has 3 amide bonds. The molecular formula is C35H41N3O4S. The van der Waals surface area contributed by atoms with Crippen molar-refractivity contribution in [3.63, 3.8) is 0 Å². The average Bonchev–Trinajstić information content (AvgIpc) is 3.01. The van der Waals surface area contributed by atoms with Gasteiger partial charge in [-0.25, -0.2) is 0 Å². The smallest absolute Gasteiger partial charge is 0.255 e. The summed E-state index contributed by atoms with van der Waals surface area (Å²) in [6.45, 7) is 7.84. The molecule has 43 heavy (non-hydrogen) atoms. The van der Waals surface area contributed by atoms with Crippen LogP contribution in [0.4, 0.5) is 17.1 Å². The van der Waals surface area contributed by atoms with Gasteiger partial charge in [0.05, 0.1) is 0 Å². The van der Waals surface area contributed by atoms with E-state index in [-0.39, 0.29) is 35.3 Å². The summed E-state index contributed by atoms with van der Waals surface area (Å²) in [6.07, 6.45) is 8.05. The molecule has 0 saturated carbocycles. The monoisotopic (exact) mass is 599 g/mol. The maximum Gasteiger partial charge on any atom is 0.255 e. The fourth-order valence-corrected chi connectivity index (χ4v) is 5.02. The van der Waals surface area contributed by atoms with Gasteiger partial charge in [0.15, 0.2) is 5.78 Å². The quantitative estimate of drug-likeness (QED) is 0.0982. The minimum atomic E-state index is -0.385. The van der Waals surface area contributed by atoms with Gasteiger partial charge in [-0.05, 0) is 98.2 Å². The summed E-state index contributed by atoms with van der Waals surface area (Å²) in [7, 11) is 0. The third-order valence-corrected chi connectivity index (χ3v) is 8.16. The zero-order valence-corrected chi connectivity index (χ0v) is 26.3. The standard InChI is InChI=1S/C35H41N3O4S/c1-6-24(7-2)33(40)37-29-20-27(21-30(22-29)38-34(41)25(8-3)9-4)35(42)36-28-15-10-23(11-16-28)12-19-32(39)26-13-17-31(43-5)18-14-26/h10-22,24-25H,6-9H2,1-5H3,(H,36,42)(H,37,40)(H,38,41)/b19-12+. The first-order valence-electron chi connectivity index (χ1n) is 14.8. The third-order valence-electron chi connectivity index (χ3n) is 7.41. The highest BCUT2D eigenvalue weighted by Crippen LogP contribution is 2.24. The first-order valence-corrected chi connectivity index (χ1v) is 16.0. The van der Waals surface area contributed by atoms with Crippen molar-refractivity contribution >= 4 is 58.4 Å². The second kappa shape index (κ2) is 16.5. The van der Waals surface area contributed by atoms with Gasteiger partial charge in [0.25, 0.3) is 5.91 Å². The number of anilines is 3. The van der Waals surface area contributed by atoms with E-state index in [1.54, 1.807) is 48.2 Å². The Kier molecular flexibility index (Phi) is 12.8. The molecule has 0 aliphatic rings. The Morgan fingerprint density at radius 3 is 1.63 bits per heavy atom. The van der Waals surface area contributed by atoms with Gasteiger partial charge in [-0.2, -0.15) is 0 Å². The van der Waals surface area contributed by atoms with E-state index >= 15 is 0 Å². The fourth-order valence-electron chi connectivity index (χ4n) is 4.61. The van der Waals surface area contributed by atoms with Crippen LogP contribution in [0.5, 0.6) is 0 Å². The van der Waals surface area contributed by atoms with Crippen LogP contribution in [0.25, 0.3) is 6.08 Å². The van der Waals surface area contributed by atoms with Crippen LogP contribution in [-0.4, -0.2) is 29.8 Å². The van der Waals surface area contributed by atoms with Crippen LogP contribution < -0.4 is 16.0 Å². The summed E-state index contributed by atoms with van der Waals surface area (Å²) in [5, 5.41) is 8.71. The number of carbonyl (C=O) groups excluding carboxylic acids is 4. The molecule has 0 spiro atoms. The number of rotatable bonds is 14. The van der Waals surface area contributed by atoms with Crippen LogP contribution in [0.15, 0.2) is 77.7 Å². The highest BCUT2D eigenvalue weighted by Gasteiger charge is 2.19. The molecule has 3 aromatic rings. The van der Waals surface area contributed by atoms with Gasteiger partial charge in [0, 0.05) is 44.9 Å². The molecule has 3 aromatic carbocycles. The summed E-state index contributed by atoms with van der Waals surface area (Å²) in [4.78, 5) is 52.5. The Balaban J connectivity index is 1.76. The summed E-state index contributed by atoms with van der Waals surface area (Å²) < 4.78 is 0. The minimum Gasteiger partial charge on any atom is -0.326 e. The maximum atomic E-state index is 13.3. The molecule has 0 aromatic heterocycles. The molecular weight excluding hydrogens is 558 g/mol. The molecule has 226 valence electrons. The van der Waals surface area contributed by atoms with Crippen LogP contribution in [0.2, 0.25) is 0 Å². The summed E-state index contributed by atoms with van der Waals surface area (Å²) >= 11 is 1.62. The summed E-state index contributed by atoms with van der Waals surface area (Å²) in [6, 6.07) is 19.5. The number of hydrogen-bond acceptors (Lipinski definition) is 5. The molecule has 3 N–H and O–H groups in total. The van der Waals surface area contributed by atoms with Crippen molar-refractivity contribution in [3.8, 4) is 0 Å². The Labute approximate surface area is 258 Å². The molecule has 3 rings (SSSR count). The zero-order chi connectivity index (χ0) is 31.4. The number of nitrogens with one attached hydrogen (secondary N) is 3. The number of carbonyl (C=O) groups is 4. The molecule has 0 heterocycles. The molecule has 0 unspecified atom stereocenters. The van der Waals surface area contributed by atoms with Gasteiger partial charge in [0.2, 0.25) is 11.8 Å². The van der Waals surface area contributed by atoms with Crippen molar-refractivity contribution in [3.05, 3.63) is 89.5 Å². The molecule has 0 saturated heterocycles. The van der Waals surface area contributed by atoms with E-state index in [0.717, 1.165) is 10.5 Å². The van der Waals surface area contributed by atoms with E-state index < -0.39 is 0 Å². The number of allylic oxidation sites excluding steroid dienone is 1. The van der Waals surface area contributed by atoms with Crippen molar-refractivity contribution in [2.75, 3.05) is 22.2 Å². The van der Waals surface area contributed by atoms with E-state index in [1.807, 2.05) is 70.3 Å². The molecule has 0 fully saturated rings. The van der Waals surface area contributed by atoms with Gasteiger partial charge in [-0.3, -0.25) is 19.2 Å². The molecule has 0 aliphatic heterocycles. The Morgan fingerprint density at radius 1 is 0.651 bits per heavy atom. The highest BCUT2D eigenvalue weighted by molar-refractivity contribution is 7.98. The highest BCUT2D eigenvalue weighted by atomic mass is 32.2. The second-order valence-corrected chi connectivity index (χ2v) is 11.2. The lowest BCUT2D eigenvalue weighted by Gasteiger charge is -2.17. The largest absolute Gasteiger partial charge is 0.326 e. The molecule has 0 aliphatic carbocycles. The van der Waals surface area contributed by atoms with Gasteiger partial charge in [-0.15, -0.1) is 11.8 Å². The van der Waals surface area contributed by atoms with Crippen LogP contribution in [0.3, 0.4) is 0 Å². The summed E-state index contributed by atoms with van der Waals surface area (Å²) in [5.41, 5.74) is 3.17. The average molecular weight is 600 g/mol.